The molecule has 0 bridgehead atoms. The van der Waals surface area contributed by atoms with Gasteiger partial charge in [-0.15, -0.1) is 0 Å². The fourth-order valence-corrected chi connectivity index (χ4v) is 5.26. The van der Waals surface area contributed by atoms with Gasteiger partial charge in [-0.3, -0.25) is 4.79 Å². The summed E-state index contributed by atoms with van der Waals surface area (Å²) in [5.41, 5.74) is 0.0936. The SMILES string of the molecule is CN1CCN(c2nccnc2-c2noc([C@H](CCCC3CCCCC3)CC(=O)OC(C)(C)C)n2)CC1. The van der Waals surface area contributed by atoms with E-state index in [1.807, 2.05) is 20.8 Å². The molecule has 1 saturated heterocycles. The molecule has 1 atom stereocenters. The minimum absolute atomic E-state index is 0.173. The van der Waals surface area contributed by atoms with Crippen LogP contribution in [-0.4, -0.2) is 69.8 Å². The normalized spacial score (nSPS) is 18.8. The molecule has 0 amide bonds. The molecule has 2 fully saturated rings. The van der Waals surface area contributed by atoms with Crippen LogP contribution in [0.15, 0.2) is 16.9 Å². The zero-order chi connectivity index (χ0) is 25.5. The number of likely N-dealkylation sites (N-methyl/N-ethyl adjacent to an activating group) is 1. The van der Waals surface area contributed by atoms with Crippen LogP contribution < -0.4 is 4.90 Å². The van der Waals surface area contributed by atoms with E-state index in [4.69, 9.17) is 14.2 Å². The predicted molar refractivity (Wildman–Crippen MR) is 139 cm³/mol. The first-order valence-electron chi connectivity index (χ1n) is 13.6. The van der Waals surface area contributed by atoms with Crippen molar-refractivity contribution in [2.75, 3.05) is 38.1 Å². The quantitative estimate of drug-likeness (QED) is 0.450. The summed E-state index contributed by atoms with van der Waals surface area (Å²) < 4.78 is 11.4. The molecule has 1 aliphatic carbocycles. The summed E-state index contributed by atoms with van der Waals surface area (Å²) in [6.45, 7) is 9.34. The highest BCUT2D eigenvalue weighted by molar-refractivity contribution is 5.71. The average Bonchev–Trinajstić information content (AvgIpc) is 3.34. The van der Waals surface area contributed by atoms with Crippen molar-refractivity contribution < 1.29 is 14.1 Å². The van der Waals surface area contributed by atoms with Gasteiger partial charge >= 0.3 is 5.97 Å². The van der Waals surface area contributed by atoms with Crippen LogP contribution in [0.3, 0.4) is 0 Å². The van der Waals surface area contributed by atoms with Gasteiger partial charge in [-0.25, -0.2) is 9.97 Å². The van der Waals surface area contributed by atoms with E-state index in [1.54, 1.807) is 12.4 Å². The van der Waals surface area contributed by atoms with Crippen molar-refractivity contribution in [2.24, 2.45) is 5.92 Å². The van der Waals surface area contributed by atoms with Gasteiger partial charge in [0.1, 0.15) is 5.60 Å². The molecule has 198 valence electrons. The lowest BCUT2D eigenvalue weighted by Crippen LogP contribution is -2.45. The second-order valence-corrected chi connectivity index (χ2v) is 11.4. The molecule has 1 aliphatic heterocycles. The molecule has 9 heteroatoms. The Morgan fingerprint density at radius 3 is 2.56 bits per heavy atom. The first-order chi connectivity index (χ1) is 17.3. The number of nitrogens with zero attached hydrogens (tertiary/aromatic N) is 6. The number of carbonyl (C=O) groups excluding carboxylic acids is 1. The van der Waals surface area contributed by atoms with Crippen molar-refractivity contribution in [3.05, 3.63) is 18.3 Å². The van der Waals surface area contributed by atoms with Gasteiger partial charge in [-0.1, -0.05) is 50.1 Å². The zero-order valence-electron chi connectivity index (χ0n) is 22.4. The standard InChI is InChI=1S/C27H42N6O3/c1-27(2,3)35-22(34)19-21(12-8-11-20-9-6-5-7-10-20)26-30-24(31-36-26)23-25(29-14-13-28-23)33-17-15-32(4)16-18-33/h13-14,20-21H,5-12,15-19H2,1-4H3/t21-/m1/s1. The summed E-state index contributed by atoms with van der Waals surface area (Å²) in [6.07, 6.45) is 13.3. The Balaban J connectivity index is 1.49. The molecular formula is C27H42N6O3. The van der Waals surface area contributed by atoms with Crippen LogP contribution in [0.25, 0.3) is 11.5 Å². The summed E-state index contributed by atoms with van der Waals surface area (Å²) in [6, 6.07) is 0. The summed E-state index contributed by atoms with van der Waals surface area (Å²) in [7, 11) is 2.12. The van der Waals surface area contributed by atoms with Crippen molar-refractivity contribution in [1.82, 2.24) is 25.0 Å². The molecule has 0 spiro atoms. The first-order valence-corrected chi connectivity index (χ1v) is 13.6. The minimum atomic E-state index is -0.527. The highest BCUT2D eigenvalue weighted by Gasteiger charge is 2.28. The van der Waals surface area contributed by atoms with Gasteiger partial charge in [0.15, 0.2) is 11.5 Å². The molecule has 4 rings (SSSR count). The highest BCUT2D eigenvalue weighted by Crippen LogP contribution is 2.33. The molecule has 0 unspecified atom stereocenters. The van der Waals surface area contributed by atoms with E-state index in [0.717, 1.165) is 50.8 Å². The van der Waals surface area contributed by atoms with Gasteiger partial charge in [-0.05, 0) is 40.2 Å². The molecule has 0 radical (unpaired) electrons. The first kappa shape index (κ1) is 26.5. The second-order valence-electron chi connectivity index (χ2n) is 11.4. The van der Waals surface area contributed by atoms with Crippen molar-refractivity contribution in [3.63, 3.8) is 0 Å². The summed E-state index contributed by atoms with van der Waals surface area (Å²) in [4.78, 5) is 31.1. The van der Waals surface area contributed by atoms with Gasteiger partial charge < -0.3 is 19.1 Å². The maximum Gasteiger partial charge on any atom is 0.307 e. The molecule has 36 heavy (non-hydrogen) atoms. The van der Waals surface area contributed by atoms with Crippen molar-refractivity contribution in [2.45, 2.75) is 90.1 Å². The molecule has 9 nitrogen and oxygen atoms in total. The lowest BCUT2D eigenvalue weighted by Gasteiger charge is -2.33. The third-order valence-corrected chi connectivity index (χ3v) is 7.21. The Hall–Kier alpha value is -2.55. The molecule has 2 aromatic heterocycles. The highest BCUT2D eigenvalue weighted by atomic mass is 16.6. The number of hydrogen-bond donors (Lipinski definition) is 0. The van der Waals surface area contributed by atoms with Crippen LogP contribution in [0, 0.1) is 5.92 Å². The van der Waals surface area contributed by atoms with Crippen molar-refractivity contribution >= 4 is 11.8 Å². The monoisotopic (exact) mass is 498 g/mol. The second kappa shape index (κ2) is 12.1. The predicted octanol–water partition coefficient (Wildman–Crippen LogP) is 4.84. The smallest absolute Gasteiger partial charge is 0.307 e. The van der Waals surface area contributed by atoms with Crippen LogP contribution in [0.4, 0.5) is 5.82 Å². The Morgan fingerprint density at radius 1 is 1.11 bits per heavy atom. The van der Waals surface area contributed by atoms with E-state index in [0.29, 0.717) is 17.4 Å². The van der Waals surface area contributed by atoms with Crippen LogP contribution >= 0.6 is 0 Å². The lowest BCUT2D eigenvalue weighted by molar-refractivity contribution is -0.155. The number of esters is 1. The summed E-state index contributed by atoms with van der Waals surface area (Å²) in [5, 5.41) is 4.28. The van der Waals surface area contributed by atoms with Gasteiger partial charge in [0.2, 0.25) is 11.7 Å². The summed E-state index contributed by atoms with van der Waals surface area (Å²) in [5.74, 6) is 2.07. The Morgan fingerprint density at radius 2 is 1.83 bits per heavy atom. The fraction of sp³-hybridized carbons (Fsp3) is 0.741. The van der Waals surface area contributed by atoms with Crippen LogP contribution in [0.5, 0.6) is 0 Å². The molecular weight excluding hydrogens is 456 g/mol. The van der Waals surface area contributed by atoms with Crippen LogP contribution in [-0.2, 0) is 9.53 Å². The van der Waals surface area contributed by atoms with Gasteiger partial charge in [0.25, 0.3) is 0 Å². The average molecular weight is 499 g/mol. The van der Waals surface area contributed by atoms with Gasteiger partial charge in [0.05, 0.1) is 6.42 Å². The van der Waals surface area contributed by atoms with E-state index < -0.39 is 5.60 Å². The van der Waals surface area contributed by atoms with Crippen molar-refractivity contribution in [1.29, 1.82) is 0 Å². The number of carbonyl (C=O) groups is 1. The number of hydrogen-bond acceptors (Lipinski definition) is 9. The minimum Gasteiger partial charge on any atom is -0.460 e. The van der Waals surface area contributed by atoms with E-state index in [9.17, 15) is 4.79 Å². The number of piperazine rings is 1. The largest absolute Gasteiger partial charge is 0.460 e. The lowest BCUT2D eigenvalue weighted by atomic mass is 9.84. The van der Waals surface area contributed by atoms with Crippen LogP contribution in [0.2, 0.25) is 0 Å². The Labute approximate surface area is 215 Å². The third-order valence-electron chi connectivity index (χ3n) is 7.21. The third kappa shape index (κ3) is 7.48. The molecule has 2 aromatic rings. The Kier molecular flexibility index (Phi) is 8.93. The van der Waals surface area contributed by atoms with Gasteiger partial charge in [-0.2, -0.15) is 4.98 Å². The molecule has 0 aromatic carbocycles. The van der Waals surface area contributed by atoms with Gasteiger partial charge in [0, 0.05) is 44.5 Å². The number of ether oxygens (including phenoxy) is 1. The van der Waals surface area contributed by atoms with Crippen molar-refractivity contribution in [3.8, 4) is 11.5 Å². The maximum atomic E-state index is 12.7. The number of aromatic nitrogens is 4. The zero-order valence-corrected chi connectivity index (χ0v) is 22.4. The number of rotatable bonds is 9. The molecule has 3 heterocycles. The molecule has 2 aliphatic rings. The molecule has 1 saturated carbocycles. The van der Waals surface area contributed by atoms with E-state index >= 15 is 0 Å². The van der Waals surface area contributed by atoms with E-state index in [-0.39, 0.29) is 18.3 Å². The van der Waals surface area contributed by atoms with Crippen LogP contribution in [0.1, 0.15) is 90.4 Å². The van der Waals surface area contributed by atoms with E-state index in [2.05, 4.69) is 32.0 Å². The van der Waals surface area contributed by atoms with E-state index in [1.165, 1.54) is 38.5 Å². The molecule has 0 N–H and O–H groups in total. The maximum absolute atomic E-state index is 12.7. The number of anilines is 1. The Bertz CT molecular complexity index is 974. The summed E-state index contributed by atoms with van der Waals surface area (Å²) >= 11 is 0. The topological polar surface area (TPSA) is 97.5 Å². The fourth-order valence-electron chi connectivity index (χ4n) is 5.26.